The molecule has 1 aliphatic rings. The Morgan fingerprint density at radius 3 is 2.25 bits per heavy atom. The van der Waals surface area contributed by atoms with Gasteiger partial charge in [-0.05, 0) is 26.2 Å². The molecule has 2 atom stereocenters. The highest BCUT2D eigenvalue weighted by Crippen LogP contribution is 2.49. The molecule has 1 saturated carbocycles. The first-order chi connectivity index (χ1) is 7.39. The zero-order valence-electron chi connectivity index (χ0n) is 10.6. The lowest BCUT2D eigenvalue weighted by Crippen LogP contribution is -2.64. The summed E-state index contributed by atoms with van der Waals surface area (Å²) in [6.07, 6.45) is 4.11. The van der Waals surface area contributed by atoms with Gasteiger partial charge in [-0.2, -0.15) is 0 Å². The smallest absolute Gasteiger partial charge is 0.208 e. The highest BCUT2D eigenvalue weighted by Gasteiger charge is 2.54. The maximum atomic E-state index is 11.3. The van der Waals surface area contributed by atoms with Crippen molar-refractivity contribution in [1.29, 1.82) is 0 Å². The zero-order chi connectivity index (χ0) is 12.4. The zero-order valence-corrected chi connectivity index (χ0v) is 11.4. The summed E-state index contributed by atoms with van der Waals surface area (Å²) < 4.78 is 30.9. The van der Waals surface area contributed by atoms with E-state index in [9.17, 15) is 8.42 Å². The van der Waals surface area contributed by atoms with E-state index in [0.29, 0.717) is 6.61 Å². The molecule has 1 aliphatic carbocycles. The van der Waals surface area contributed by atoms with Gasteiger partial charge in [0, 0.05) is 18.1 Å². The van der Waals surface area contributed by atoms with Crippen LogP contribution in [-0.4, -0.2) is 33.4 Å². The third-order valence-electron chi connectivity index (χ3n) is 3.83. The summed E-state index contributed by atoms with van der Waals surface area (Å²) in [5.74, 6) is 0. The van der Waals surface area contributed by atoms with Crippen molar-refractivity contribution in [2.45, 2.75) is 52.2 Å². The van der Waals surface area contributed by atoms with Crippen molar-refractivity contribution in [3.8, 4) is 0 Å². The van der Waals surface area contributed by atoms with E-state index < -0.39 is 10.0 Å². The Bertz CT molecular complexity index is 322. The van der Waals surface area contributed by atoms with E-state index >= 15 is 0 Å². The molecule has 16 heavy (non-hydrogen) atoms. The molecule has 0 unspecified atom stereocenters. The van der Waals surface area contributed by atoms with Crippen LogP contribution in [0.3, 0.4) is 0 Å². The largest absolute Gasteiger partial charge is 0.378 e. The van der Waals surface area contributed by atoms with Gasteiger partial charge >= 0.3 is 0 Å². The van der Waals surface area contributed by atoms with Gasteiger partial charge in [0.25, 0.3) is 0 Å². The monoisotopic (exact) mass is 249 g/mol. The normalized spacial score (nSPS) is 28.8. The second-order valence-electron chi connectivity index (χ2n) is 4.56. The summed E-state index contributed by atoms with van der Waals surface area (Å²) in [5, 5.41) is 0. The van der Waals surface area contributed by atoms with Crippen LogP contribution in [0.5, 0.6) is 0 Å². The molecule has 0 amide bonds. The maximum Gasteiger partial charge on any atom is 0.208 e. The molecule has 0 heterocycles. The van der Waals surface area contributed by atoms with Crippen molar-refractivity contribution in [2.75, 3.05) is 12.9 Å². The third-order valence-corrected chi connectivity index (χ3v) is 4.54. The number of hydrogen-bond donors (Lipinski definition) is 1. The average molecular weight is 249 g/mol. The Morgan fingerprint density at radius 1 is 1.31 bits per heavy atom. The van der Waals surface area contributed by atoms with Crippen LogP contribution in [0.1, 0.15) is 40.0 Å². The summed E-state index contributed by atoms with van der Waals surface area (Å²) in [4.78, 5) is 0. The highest BCUT2D eigenvalue weighted by atomic mass is 32.2. The van der Waals surface area contributed by atoms with Crippen LogP contribution in [0.4, 0.5) is 0 Å². The molecule has 0 radical (unpaired) electrons. The van der Waals surface area contributed by atoms with Crippen LogP contribution in [0.15, 0.2) is 0 Å². The topological polar surface area (TPSA) is 55.4 Å². The minimum absolute atomic E-state index is 0.0148. The summed E-state index contributed by atoms with van der Waals surface area (Å²) in [5.41, 5.74) is -0.0148. The van der Waals surface area contributed by atoms with Crippen LogP contribution in [0.25, 0.3) is 0 Å². The number of hydrogen-bond acceptors (Lipinski definition) is 3. The summed E-state index contributed by atoms with van der Waals surface area (Å²) >= 11 is 0. The van der Waals surface area contributed by atoms with E-state index in [4.69, 9.17) is 4.74 Å². The Kier molecular flexibility index (Phi) is 4.37. The Morgan fingerprint density at radius 2 is 1.88 bits per heavy atom. The third kappa shape index (κ3) is 2.57. The van der Waals surface area contributed by atoms with Crippen LogP contribution in [0.2, 0.25) is 0 Å². The summed E-state index contributed by atoms with van der Waals surface area (Å²) in [6.45, 7) is 6.88. The molecule has 0 saturated heterocycles. The number of sulfonamides is 1. The quantitative estimate of drug-likeness (QED) is 0.776. The van der Waals surface area contributed by atoms with Crippen molar-refractivity contribution < 1.29 is 13.2 Å². The van der Waals surface area contributed by atoms with Gasteiger partial charge in [0.15, 0.2) is 0 Å². The molecule has 1 fully saturated rings. The number of ether oxygens (including phenoxy) is 1. The fourth-order valence-electron chi connectivity index (χ4n) is 2.80. The van der Waals surface area contributed by atoms with Gasteiger partial charge < -0.3 is 4.74 Å². The number of rotatable bonds is 6. The van der Waals surface area contributed by atoms with Gasteiger partial charge in [0.05, 0.1) is 12.4 Å². The van der Waals surface area contributed by atoms with Gasteiger partial charge in [-0.15, -0.1) is 0 Å². The molecule has 0 aromatic heterocycles. The standard InChI is InChI=1S/C11H23NO3S/c1-5-11(6-2)9(12-16(4,13)14)8-10(11)15-7-3/h9-10,12H,5-8H2,1-4H3/t9-,10-/m0/s1. The van der Waals surface area contributed by atoms with E-state index in [1.165, 1.54) is 6.26 Å². The van der Waals surface area contributed by atoms with E-state index in [0.717, 1.165) is 19.3 Å². The first-order valence-corrected chi connectivity index (χ1v) is 7.87. The Balaban J connectivity index is 2.75. The van der Waals surface area contributed by atoms with E-state index in [1.54, 1.807) is 0 Å². The van der Waals surface area contributed by atoms with Gasteiger partial charge in [-0.3, -0.25) is 0 Å². The average Bonchev–Trinajstić information content (AvgIpc) is 2.16. The van der Waals surface area contributed by atoms with Crippen molar-refractivity contribution in [2.24, 2.45) is 5.41 Å². The molecule has 0 aliphatic heterocycles. The van der Waals surface area contributed by atoms with Gasteiger partial charge in [-0.1, -0.05) is 13.8 Å². The molecular formula is C11H23NO3S. The predicted molar refractivity (Wildman–Crippen MR) is 64.8 cm³/mol. The van der Waals surface area contributed by atoms with Gasteiger partial charge in [-0.25, -0.2) is 13.1 Å². The van der Waals surface area contributed by atoms with E-state index in [2.05, 4.69) is 18.6 Å². The lowest BCUT2D eigenvalue weighted by molar-refractivity contribution is -0.132. The van der Waals surface area contributed by atoms with Gasteiger partial charge in [0.2, 0.25) is 10.0 Å². The molecule has 5 heteroatoms. The van der Waals surface area contributed by atoms with Crippen LogP contribution >= 0.6 is 0 Å². The van der Waals surface area contributed by atoms with Crippen molar-refractivity contribution >= 4 is 10.0 Å². The fourth-order valence-corrected chi connectivity index (χ4v) is 3.65. The Labute approximate surface area is 98.8 Å². The first-order valence-electron chi connectivity index (χ1n) is 5.98. The fraction of sp³-hybridized carbons (Fsp3) is 1.00. The van der Waals surface area contributed by atoms with Crippen molar-refractivity contribution in [3.63, 3.8) is 0 Å². The van der Waals surface area contributed by atoms with E-state index in [1.807, 2.05) is 6.92 Å². The molecule has 0 aromatic rings. The molecule has 1 N–H and O–H groups in total. The lowest BCUT2D eigenvalue weighted by Gasteiger charge is -2.55. The van der Waals surface area contributed by atoms with Crippen LogP contribution < -0.4 is 4.72 Å². The second kappa shape index (κ2) is 5.02. The molecular weight excluding hydrogens is 226 g/mol. The molecule has 4 nitrogen and oxygen atoms in total. The van der Waals surface area contributed by atoms with Crippen molar-refractivity contribution in [1.82, 2.24) is 4.72 Å². The van der Waals surface area contributed by atoms with Gasteiger partial charge in [0.1, 0.15) is 0 Å². The second-order valence-corrected chi connectivity index (χ2v) is 6.34. The van der Waals surface area contributed by atoms with Crippen LogP contribution in [0, 0.1) is 5.41 Å². The number of nitrogens with one attached hydrogen (secondary N) is 1. The first kappa shape index (κ1) is 13.9. The molecule has 0 spiro atoms. The highest BCUT2D eigenvalue weighted by molar-refractivity contribution is 7.88. The van der Waals surface area contributed by atoms with Crippen molar-refractivity contribution in [3.05, 3.63) is 0 Å². The molecule has 0 aromatic carbocycles. The summed E-state index contributed by atoms with van der Waals surface area (Å²) in [6, 6.07) is 0.0362. The molecule has 96 valence electrons. The molecule has 1 rings (SSSR count). The summed E-state index contributed by atoms with van der Waals surface area (Å²) in [7, 11) is -3.12. The van der Waals surface area contributed by atoms with E-state index in [-0.39, 0.29) is 17.6 Å². The lowest BCUT2D eigenvalue weighted by atomic mass is 9.59. The predicted octanol–water partition coefficient (Wildman–Crippen LogP) is 1.52. The minimum atomic E-state index is -3.12. The minimum Gasteiger partial charge on any atom is -0.378 e. The maximum absolute atomic E-state index is 11.3. The SMILES string of the molecule is CCO[C@H]1C[C@H](NS(C)(=O)=O)C1(CC)CC. The Hall–Kier alpha value is -0.130. The van der Waals surface area contributed by atoms with Crippen LogP contribution in [-0.2, 0) is 14.8 Å². The molecule has 0 bridgehead atoms.